The van der Waals surface area contributed by atoms with Crippen molar-refractivity contribution in [3.8, 4) is 5.75 Å². The van der Waals surface area contributed by atoms with Crippen molar-refractivity contribution in [3.05, 3.63) is 96.6 Å². The van der Waals surface area contributed by atoms with E-state index in [-0.39, 0.29) is 5.69 Å². The fourth-order valence-corrected chi connectivity index (χ4v) is 3.50. The number of halogens is 4. The molecule has 166 valence electrons. The van der Waals surface area contributed by atoms with E-state index in [0.29, 0.717) is 24.0 Å². The van der Waals surface area contributed by atoms with E-state index in [4.69, 9.17) is 4.74 Å². The molecule has 0 fully saturated rings. The Morgan fingerprint density at radius 3 is 2.59 bits per heavy atom. The summed E-state index contributed by atoms with van der Waals surface area (Å²) >= 11 is 2.12. The molecule has 6 nitrogen and oxygen atoms in total. The van der Waals surface area contributed by atoms with Crippen LogP contribution in [0.15, 0.2) is 65.8 Å². The van der Waals surface area contributed by atoms with E-state index in [1.54, 1.807) is 18.2 Å². The van der Waals surface area contributed by atoms with Crippen molar-refractivity contribution >= 4 is 40.2 Å². The standard InChI is InChI=1S/C22H17F3IN3O3/c1-14-3-2-4-16(9-14)13-32-21-8-5-15(10-18(21)26)12-27-28-19-7-6-17(22(23,24)25)11-20(19)29(30)31/h2-12,28H,13H2,1H3/b27-12-. The minimum absolute atomic E-state index is 0.146. The predicted molar refractivity (Wildman–Crippen MR) is 124 cm³/mol. The number of hydrogen-bond donors (Lipinski definition) is 1. The van der Waals surface area contributed by atoms with Crippen molar-refractivity contribution in [2.24, 2.45) is 5.10 Å². The molecule has 0 aliphatic rings. The molecule has 3 aromatic carbocycles. The van der Waals surface area contributed by atoms with Gasteiger partial charge in [-0.15, -0.1) is 0 Å². The number of nitro groups is 1. The zero-order chi connectivity index (χ0) is 23.3. The second-order valence-corrected chi connectivity index (χ2v) is 7.99. The van der Waals surface area contributed by atoms with E-state index in [2.05, 4.69) is 33.1 Å². The molecular formula is C22H17F3IN3O3. The topological polar surface area (TPSA) is 76.8 Å². The van der Waals surface area contributed by atoms with Crippen LogP contribution in [0.4, 0.5) is 24.5 Å². The van der Waals surface area contributed by atoms with Crippen LogP contribution in [-0.2, 0) is 12.8 Å². The molecule has 3 rings (SSSR count). The zero-order valence-electron chi connectivity index (χ0n) is 16.7. The quantitative estimate of drug-likeness (QED) is 0.155. The zero-order valence-corrected chi connectivity index (χ0v) is 18.8. The Labute approximate surface area is 195 Å². The molecule has 0 aliphatic heterocycles. The first-order chi connectivity index (χ1) is 15.1. The minimum atomic E-state index is -4.67. The smallest absolute Gasteiger partial charge is 0.416 e. The molecule has 0 atom stereocenters. The van der Waals surface area contributed by atoms with Gasteiger partial charge in [-0.25, -0.2) is 0 Å². The summed E-state index contributed by atoms with van der Waals surface area (Å²) in [5, 5.41) is 15.0. The molecule has 0 unspecified atom stereocenters. The third kappa shape index (κ3) is 6.19. The molecule has 32 heavy (non-hydrogen) atoms. The van der Waals surface area contributed by atoms with Crippen molar-refractivity contribution in [2.45, 2.75) is 19.7 Å². The van der Waals surface area contributed by atoms with E-state index >= 15 is 0 Å². The SMILES string of the molecule is Cc1cccc(COc2ccc(/C=N\Nc3ccc(C(F)(F)F)cc3[N+](=O)[O-])cc2I)c1. The fourth-order valence-electron chi connectivity index (χ4n) is 2.81. The Morgan fingerprint density at radius 1 is 1.16 bits per heavy atom. The number of ether oxygens (including phenoxy) is 1. The Morgan fingerprint density at radius 2 is 1.94 bits per heavy atom. The molecular weight excluding hydrogens is 538 g/mol. The number of hydrogen-bond acceptors (Lipinski definition) is 5. The summed E-state index contributed by atoms with van der Waals surface area (Å²) < 4.78 is 45.1. The summed E-state index contributed by atoms with van der Waals surface area (Å²) in [7, 11) is 0. The molecule has 0 spiro atoms. The van der Waals surface area contributed by atoms with Crippen LogP contribution in [-0.4, -0.2) is 11.1 Å². The Kier molecular flexibility index (Phi) is 7.33. The monoisotopic (exact) mass is 555 g/mol. The highest BCUT2D eigenvalue weighted by molar-refractivity contribution is 14.1. The van der Waals surface area contributed by atoms with Crippen LogP contribution in [0.3, 0.4) is 0 Å². The number of rotatable bonds is 7. The van der Waals surface area contributed by atoms with Crippen LogP contribution in [0.2, 0.25) is 0 Å². The Bertz CT molecular complexity index is 1170. The van der Waals surface area contributed by atoms with Crippen LogP contribution in [0.1, 0.15) is 22.3 Å². The lowest BCUT2D eigenvalue weighted by molar-refractivity contribution is -0.384. The fraction of sp³-hybridized carbons (Fsp3) is 0.136. The summed E-state index contributed by atoms with van der Waals surface area (Å²) in [5.74, 6) is 0.690. The highest BCUT2D eigenvalue weighted by Crippen LogP contribution is 2.35. The lowest BCUT2D eigenvalue weighted by Gasteiger charge is -2.10. The van der Waals surface area contributed by atoms with Gasteiger partial charge in [-0.05, 0) is 71.0 Å². The first-order valence-electron chi connectivity index (χ1n) is 9.26. The van der Waals surface area contributed by atoms with Crippen molar-refractivity contribution in [1.82, 2.24) is 0 Å². The normalized spacial score (nSPS) is 11.5. The van der Waals surface area contributed by atoms with Gasteiger partial charge in [0.15, 0.2) is 0 Å². The molecule has 3 aromatic rings. The maximum absolute atomic E-state index is 12.8. The third-order valence-electron chi connectivity index (χ3n) is 4.35. The van der Waals surface area contributed by atoms with Gasteiger partial charge in [0.05, 0.1) is 20.3 Å². The Hall–Kier alpha value is -3.15. The van der Waals surface area contributed by atoms with E-state index in [1.807, 2.05) is 31.2 Å². The minimum Gasteiger partial charge on any atom is -0.488 e. The van der Waals surface area contributed by atoms with Crippen LogP contribution in [0.25, 0.3) is 0 Å². The number of aryl methyl sites for hydroxylation is 1. The summed E-state index contributed by atoms with van der Waals surface area (Å²) in [6.07, 6.45) is -3.26. The number of nitro benzene ring substituents is 1. The predicted octanol–water partition coefficient (Wildman–Crippen LogP) is 6.55. The molecule has 0 heterocycles. The van der Waals surface area contributed by atoms with Crippen molar-refractivity contribution in [2.75, 3.05) is 5.43 Å². The van der Waals surface area contributed by atoms with Crippen LogP contribution in [0.5, 0.6) is 5.75 Å². The van der Waals surface area contributed by atoms with Crippen molar-refractivity contribution in [3.63, 3.8) is 0 Å². The van der Waals surface area contributed by atoms with Crippen molar-refractivity contribution < 1.29 is 22.8 Å². The second kappa shape index (κ2) is 9.98. The Balaban J connectivity index is 1.68. The highest BCUT2D eigenvalue weighted by atomic mass is 127. The molecule has 0 bridgehead atoms. The summed E-state index contributed by atoms with van der Waals surface area (Å²) in [4.78, 5) is 10.2. The molecule has 0 saturated heterocycles. The van der Waals surface area contributed by atoms with Crippen LogP contribution < -0.4 is 10.2 Å². The lowest BCUT2D eigenvalue weighted by atomic mass is 10.1. The van der Waals surface area contributed by atoms with E-state index in [9.17, 15) is 23.3 Å². The first-order valence-corrected chi connectivity index (χ1v) is 10.3. The number of benzene rings is 3. The molecule has 0 saturated carbocycles. The highest BCUT2D eigenvalue weighted by Gasteiger charge is 2.33. The maximum atomic E-state index is 12.8. The van der Waals surface area contributed by atoms with Gasteiger partial charge < -0.3 is 4.74 Å². The van der Waals surface area contributed by atoms with Gasteiger partial charge in [-0.2, -0.15) is 18.3 Å². The van der Waals surface area contributed by atoms with Crippen LogP contribution >= 0.6 is 22.6 Å². The van der Waals surface area contributed by atoms with E-state index < -0.39 is 22.4 Å². The van der Waals surface area contributed by atoms with Crippen molar-refractivity contribution in [1.29, 1.82) is 0 Å². The number of nitrogens with zero attached hydrogens (tertiary/aromatic N) is 2. The average molecular weight is 555 g/mol. The maximum Gasteiger partial charge on any atom is 0.416 e. The van der Waals surface area contributed by atoms with Crippen LogP contribution in [0, 0.1) is 20.6 Å². The van der Waals surface area contributed by atoms with Gasteiger partial charge in [-0.1, -0.05) is 29.8 Å². The van der Waals surface area contributed by atoms with Gasteiger partial charge in [-0.3, -0.25) is 15.5 Å². The first kappa shape index (κ1) is 23.5. The number of hydrazone groups is 1. The van der Waals surface area contributed by atoms with Gasteiger partial charge in [0, 0.05) is 6.07 Å². The molecule has 10 heteroatoms. The number of alkyl halides is 3. The third-order valence-corrected chi connectivity index (χ3v) is 5.20. The van der Waals surface area contributed by atoms with Gasteiger partial charge >= 0.3 is 6.18 Å². The van der Waals surface area contributed by atoms with E-state index in [0.717, 1.165) is 26.8 Å². The van der Waals surface area contributed by atoms with Gasteiger partial charge in [0.25, 0.3) is 5.69 Å². The van der Waals surface area contributed by atoms with Gasteiger partial charge in [0.2, 0.25) is 0 Å². The number of anilines is 1. The second-order valence-electron chi connectivity index (χ2n) is 6.82. The molecule has 1 N–H and O–H groups in total. The molecule has 0 aliphatic carbocycles. The molecule has 0 amide bonds. The van der Waals surface area contributed by atoms with Gasteiger partial charge in [0.1, 0.15) is 18.0 Å². The lowest BCUT2D eigenvalue weighted by Crippen LogP contribution is -2.06. The molecule has 0 aromatic heterocycles. The largest absolute Gasteiger partial charge is 0.488 e. The summed E-state index contributed by atoms with van der Waals surface area (Å²) in [5.41, 5.74) is 3.35. The molecule has 0 radical (unpaired) electrons. The summed E-state index contributed by atoms with van der Waals surface area (Å²) in [6.45, 7) is 2.43. The number of nitrogens with one attached hydrogen (secondary N) is 1. The van der Waals surface area contributed by atoms with E-state index in [1.165, 1.54) is 6.21 Å². The summed E-state index contributed by atoms with van der Waals surface area (Å²) in [6, 6.07) is 15.5. The average Bonchev–Trinajstić information content (AvgIpc) is 2.72.